The number of hydrogen-bond acceptors (Lipinski definition) is 6. The SMILES string of the molecule is CCOC(=O)C1(Cc2cn(C)nn2)COCCC1=O. The molecule has 19 heavy (non-hydrogen) atoms. The molecule has 0 bridgehead atoms. The Kier molecular flexibility index (Phi) is 3.94. The summed E-state index contributed by atoms with van der Waals surface area (Å²) in [5.74, 6) is -0.687. The molecule has 0 aromatic carbocycles. The highest BCUT2D eigenvalue weighted by atomic mass is 16.5. The number of hydrogen-bond donors (Lipinski definition) is 0. The van der Waals surface area contributed by atoms with Gasteiger partial charge in [-0.05, 0) is 6.92 Å². The van der Waals surface area contributed by atoms with E-state index in [4.69, 9.17) is 9.47 Å². The zero-order valence-corrected chi connectivity index (χ0v) is 11.1. The second kappa shape index (κ2) is 5.48. The number of ketones is 1. The minimum Gasteiger partial charge on any atom is -0.465 e. The molecule has 1 aromatic rings. The van der Waals surface area contributed by atoms with Gasteiger partial charge in [0.1, 0.15) is 0 Å². The minimum absolute atomic E-state index is 0.0429. The number of aryl methyl sites for hydroxylation is 1. The number of aromatic nitrogens is 3. The number of nitrogens with zero attached hydrogens (tertiary/aromatic N) is 3. The summed E-state index contributed by atoms with van der Waals surface area (Å²) >= 11 is 0. The Morgan fingerprint density at radius 2 is 2.42 bits per heavy atom. The van der Waals surface area contributed by atoms with Gasteiger partial charge in [-0.3, -0.25) is 14.3 Å². The molecule has 1 fully saturated rings. The lowest BCUT2D eigenvalue weighted by molar-refractivity contribution is -0.169. The van der Waals surface area contributed by atoms with Crippen LogP contribution in [0.15, 0.2) is 6.20 Å². The summed E-state index contributed by atoms with van der Waals surface area (Å²) in [6.45, 7) is 2.33. The molecule has 1 unspecified atom stereocenters. The van der Waals surface area contributed by atoms with Gasteiger partial charge in [0.15, 0.2) is 11.2 Å². The van der Waals surface area contributed by atoms with Crippen LogP contribution in [-0.4, -0.2) is 46.6 Å². The number of esters is 1. The lowest BCUT2D eigenvalue weighted by Gasteiger charge is -2.32. The van der Waals surface area contributed by atoms with E-state index < -0.39 is 11.4 Å². The maximum absolute atomic E-state index is 12.2. The van der Waals surface area contributed by atoms with Crippen LogP contribution < -0.4 is 0 Å². The van der Waals surface area contributed by atoms with Crippen LogP contribution in [0.2, 0.25) is 0 Å². The van der Waals surface area contributed by atoms with Gasteiger partial charge in [-0.2, -0.15) is 0 Å². The Morgan fingerprint density at radius 3 is 3.00 bits per heavy atom. The summed E-state index contributed by atoms with van der Waals surface area (Å²) in [6, 6.07) is 0. The van der Waals surface area contributed by atoms with Gasteiger partial charge in [0.2, 0.25) is 0 Å². The van der Waals surface area contributed by atoms with Gasteiger partial charge in [-0.15, -0.1) is 5.10 Å². The average molecular weight is 267 g/mol. The fourth-order valence-corrected chi connectivity index (χ4v) is 2.18. The summed E-state index contributed by atoms with van der Waals surface area (Å²) in [5.41, 5.74) is -0.695. The van der Waals surface area contributed by atoms with Gasteiger partial charge in [0.05, 0.1) is 25.5 Å². The fraction of sp³-hybridized carbons (Fsp3) is 0.667. The van der Waals surface area contributed by atoms with Crippen LogP contribution in [0, 0.1) is 5.41 Å². The van der Waals surface area contributed by atoms with E-state index in [1.165, 1.54) is 4.68 Å². The molecular formula is C12H17N3O4. The van der Waals surface area contributed by atoms with Gasteiger partial charge in [0.25, 0.3) is 0 Å². The van der Waals surface area contributed by atoms with Crippen molar-refractivity contribution in [1.29, 1.82) is 0 Å². The molecule has 0 N–H and O–H groups in total. The molecule has 1 aromatic heterocycles. The van der Waals surface area contributed by atoms with E-state index in [9.17, 15) is 9.59 Å². The molecule has 1 aliphatic heterocycles. The van der Waals surface area contributed by atoms with Gasteiger partial charge in [-0.1, -0.05) is 5.21 Å². The monoisotopic (exact) mass is 267 g/mol. The molecule has 1 saturated heterocycles. The molecule has 7 heteroatoms. The van der Waals surface area contributed by atoms with E-state index in [0.717, 1.165) is 0 Å². The number of carbonyl (C=O) groups excluding carboxylic acids is 2. The second-order valence-electron chi connectivity index (χ2n) is 4.59. The molecule has 1 atom stereocenters. The molecular weight excluding hydrogens is 250 g/mol. The third kappa shape index (κ3) is 2.65. The first-order chi connectivity index (χ1) is 9.08. The summed E-state index contributed by atoms with van der Waals surface area (Å²) in [7, 11) is 1.73. The van der Waals surface area contributed by atoms with Gasteiger partial charge in [0, 0.05) is 26.1 Å². The summed E-state index contributed by atoms with van der Waals surface area (Å²) in [4.78, 5) is 24.4. The quantitative estimate of drug-likeness (QED) is 0.559. The number of carbonyl (C=O) groups is 2. The number of ether oxygens (including phenoxy) is 2. The van der Waals surface area contributed by atoms with Crippen molar-refractivity contribution in [2.75, 3.05) is 19.8 Å². The number of Topliss-reactive ketones (excluding diaryl/α,β-unsaturated/α-hetero) is 1. The van der Waals surface area contributed by atoms with E-state index in [1.54, 1.807) is 20.2 Å². The Morgan fingerprint density at radius 1 is 1.63 bits per heavy atom. The molecule has 7 nitrogen and oxygen atoms in total. The summed E-state index contributed by atoms with van der Waals surface area (Å²) in [5, 5.41) is 7.74. The van der Waals surface area contributed by atoms with Crippen molar-refractivity contribution in [2.24, 2.45) is 12.5 Å². The second-order valence-corrected chi connectivity index (χ2v) is 4.59. The molecule has 1 aliphatic rings. The minimum atomic E-state index is -1.27. The van der Waals surface area contributed by atoms with E-state index in [0.29, 0.717) is 12.3 Å². The smallest absolute Gasteiger partial charge is 0.322 e. The van der Waals surface area contributed by atoms with Crippen molar-refractivity contribution in [3.63, 3.8) is 0 Å². The normalized spacial score (nSPS) is 23.4. The Balaban J connectivity index is 2.27. The molecule has 0 aliphatic carbocycles. The van der Waals surface area contributed by atoms with Gasteiger partial charge in [-0.25, -0.2) is 0 Å². The first-order valence-electron chi connectivity index (χ1n) is 6.22. The van der Waals surface area contributed by atoms with Gasteiger partial charge < -0.3 is 9.47 Å². The number of rotatable bonds is 4. The lowest BCUT2D eigenvalue weighted by Crippen LogP contribution is -2.49. The van der Waals surface area contributed by atoms with Crippen LogP contribution in [0.5, 0.6) is 0 Å². The van der Waals surface area contributed by atoms with Crippen LogP contribution in [-0.2, 0) is 32.5 Å². The highest BCUT2D eigenvalue weighted by molar-refractivity contribution is 6.04. The van der Waals surface area contributed by atoms with Crippen molar-refractivity contribution >= 4 is 11.8 Å². The predicted octanol–water partition coefficient (Wildman–Crippen LogP) is -0.104. The zero-order valence-electron chi connectivity index (χ0n) is 11.1. The molecule has 0 spiro atoms. The predicted molar refractivity (Wildman–Crippen MR) is 64.2 cm³/mol. The van der Waals surface area contributed by atoms with Crippen molar-refractivity contribution in [3.8, 4) is 0 Å². The Labute approximate surface area is 110 Å². The van der Waals surface area contributed by atoms with Crippen molar-refractivity contribution in [1.82, 2.24) is 15.0 Å². The summed E-state index contributed by atoms with van der Waals surface area (Å²) in [6.07, 6.45) is 2.07. The van der Waals surface area contributed by atoms with E-state index in [2.05, 4.69) is 10.3 Å². The van der Waals surface area contributed by atoms with Crippen LogP contribution in [0.1, 0.15) is 19.0 Å². The molecule has 0 radical (unpaired) electrons. The van der Waals surface area contributed by atoms with Gasteiger partial charge >= 0.3 is 5.97 Å². The summed E-state index contributed by atoms with van der Waals surface area (Å²) < 4.78 is 11.9. The van der Waals surface area contributed by atoms with Crippen LogP contribution in [0.25, 0.3) is 0 Å². The highest BCUT2D eigenvalue weighted by Gasteiger charge is 2.49. The highest BCUT2D eigenvalue weighted by Crippen LogP contribution is 2.30. The molecule has 2 heterocycles. The first-order valence-corrected chi connectivity index (χ1v) is 6.22. The Hall–Kier alpha value is -1.76. The lowest BCUT2D eigenvalue weighted by atomic mass is 9.77. The average Bonchev–Trinajstić information content (AvgIpc) is 2.78. The van der Waals surface area contributed by atoms with Crippen LogP contribution >= 0.6 is 0 Å². The molecule has 0 saturated carbocycles. The van der Waals surface area contributed by atoms with E-state index in [1.807, 2.05) is 0 Å². The van der Waals surface area contributed by atoms with Crippen molar-refractivity contribution in [2.45, 2.75) is 19.8 Å². The Bertz CT molecular complexity index is 485. The van der Waals surface area contributed by atoms with E-state index in [-0.39, 0.29) is 31.8 Å². The third-order valence-corrected chi connectivity index (χ3v) is 3.15. The molecule has 0 amide bonds. The maximum atomic E-state index is 12.2. The van der Waals surface area contributed by atoms with Crippen LogP contribution in [0.3, 0.4) is 0 Å². The van der Waals surface area contributed by atoms with Crippen LogP contribution in [0.4, 0.5) is 0 Å². The van der Waals surface area contributed by atoms with Crippen molar-refractivity contribution in [3.05, 3.63) is 11.9 Å². The standard InChI is InChI=1S/C12H17N3O4/c1-3-19-11(17)12(8-18-5-4-10(12)16)6-9-7-15(2)14-13-9/h7H,3-6,8H2,1-2H3. The molecule has 104 valence electrons. The largest absolute Gasteiger partial charge is 0.465 e. The zero-order chi connectivity index (χ0) is 13.9. The maximum Gasteiger partial charge on any atom is 0.322 e. The first kappa shape index (κ1) is 13.7. The molecule has 2 rings (SSSR count). The fourth-order valence-electron chi connectivity index (χ4n) is 2.18. The van der Waals surface area contributed by atoms with Crippen molar-refractivity contribution < 1.29 is 19.1 Å². The van der Waals surface area contributed by atoms with E-state index >= 15 is 0 Å². The third-order valence-electron chi connectivity index (χ3n) is 3.15. The topological polar surface area (TPSA) is 83.3 Å².